The molecule has 0 spiro atoms. The summed E-state index contributed by atoms with van der Waals surface area (Å²) in [6, 6.07) is 19.4. The van der Waals surface area contributed by atoms with E-state index in [9.17, 15) is 9.59 Å². The summed E-state index contributed by atoms with van der Waals surface area (Å²) in [5.41, 5.74) is 3.64. The van der Waals surface area contributed by atoms with Crippen LogP contribution in [0.25, 0.3) is 0 Å². The molecule has 31 heavy (non-hydrogen) atoms. The van der Waals surface area contributed by atoms with Gasteiger partial charge in [-0.2, -0.15) is 0 Å². The number of rotatable bonds is 7. The van der Waals surface area contributed by atoms with Crippen LogP contribution in [0.1, 0.15) is 58.6 Å². The van der Waals surface area contributed by atoms with Gasteiger partial charge in [-0.05, 0) is 59.2 Å². The fraction of sp³-hybridized carbons (Fsp3) is 0.280. The number of carbonyl (C=O) groups is 2. The highest BCUT2D eigenvalue weighted by Crippen LogP contribution is 2.29. The molecule has 1 aliphatic rings. The van der Waals surface area contributed by atoms with Gasteiger partial charge >= 0.3 is 6.09 Å². The van der Waals surface area contributed by atoms with Gasteiger partial charge in [-0.25, -0.2) is 4.79 Å². The first-order chi connectivity index (χ1) is 15.1. The number of hydrogen-bond donors (Lipinski definition) is 1. The van der Waals surface area contributed by atoms with E-state index in [0.29, 0.717) is 24.6 Å². The number of carbonyl (C=O) groups excluding carboxylic acids is 2. The van der Waals surface area contributed by atoms with Crippen LogP contribution in [0.5, 0.6) is 0 Å². The Morgan fingerprint density at radius 2 is 1.81 bits per heavy atom. The van der Waals surface area contributed by atoms with Crippen molar-refractivity contribution in [3.05, 3.63) is 87.6 Å². The zero-order valence-corrected chi connectivity index (χ0v) is 18.5. The first-order valence-electron chi connectivity index (χ1n) is 10.5. The van der Waals surface area contributed by atoms with E-state index in [1.54, 1.807) is 40.5 Å². The number of amides is 2. The molecule has 4 rings (SSSR count). The summed E-state index contributed by atoms with van der Waals surface area (Å²) >= 11 is 1.62. The van der Waals surface area contributed by atoms with E-state index in [-0.39, 0.29) is 18.0 Å². The number of thiophene rings is 1. The predicted molar refractivity (Wildman–Crippen MR) is 124 cm³/mol. The first kappa shape index (κ1) is 21.1. The average Bonchev–Trinajstić information content (AvgIpc) is 3.49. The Morgan fingerprint density at radius 3 is 2.39 bits per heavy atom. The largest absolute Gasteiger partial charge is 0.447 e. The fourth-order valence-electron chi connectivity index (χ4n) is 3.66. The molecule has 160 valence electrons. The van der Waals surface area contributed by atoms with Gasteiger partial charge in [-0.3, -0.25) is 9.69 Å². The SMILES string of the molecule is CCC(C)c1ccc(C(NC(=O)c2ccc(N3CCOC3=O)cc2)c2cccs2)cc1. The quantitative estimate of drug-likeness (QED) is 0.516. The van der Waals surface area contributed by atoms with Gasteiger partial charge < -0.3 is 10.1 Å². The molecule has 0 radical (unpaired) electrons. The smallest absolute Gasteiger partial charge is 0.414 e. The standard InChI is InChI=1S/C25H26N2O3S/c1-3-17(2)18-6-8-19(9-7-18)23(22-5-4-16-31-22)26-24(28)20-10-12-21(13-11-20)27-14-15-30-25(27)29/h4-13,16-17,23H,3,14-15H2,1-2H3,(H,26,28). The lowest BCUT2D eigenvalue weighted by Crippen LogP contribution is -2.29. The maximum atomic E-state index is 13.0. The highest BCUT2D eigenvalue weighted by molar-refractivity contribution is 7.10. The molecule has 0 saturated carbocycles. The molecule has 1 saturated heterocycles. The summed E-state index contributed by atoms with van der Waals surface area (Å²) in [4.78, 5) is 27.4. The Hall–Kier alpha value is -3.12. The molecule has 2 unspecified atom stereocenters. The van der Waals surface area contributed by atoms with E-state index in [2.05, 4.69) is 43.4 Å². The molecule has 0 bridgehead atoms. The second-order valence-corrected chi connectivity index (χ2v) is 8.69. The average molecular weight is 435 g/mol. The Balaban J connectivity index is 1.53. The Kier molecular flexibility index (Phi) is 6.37. The van der Waals surface area contributed by atoms with Gasteiger partial charge in [0, 0.05) is 16.1 Å². The maximum Gasteiger partial charge on any atom is 0.414 e. The van der Waals surface area contributed by atoms with Gasteiger partial charge in [0.15, 0.2) is 0 Å². The maximum absolute atomic E-state index is 13.0. The third-order valence-corrected chi connectivity index (χ3v) is 6.69. The summed E-state index contributed by atoms with van der Waals surface area (Å²) in [5, 5.41) is 5.20. The Bertz CT molecular complexity index is 1030. The van der Waals surface area contributed by atoms with Crippen LogP contribution in [-0.4, -0.2) is 25.2 Å². The van der Waals surface area contributed by atoms with Gasteiger partial charge in [0.1, 0.15) is 6.61 Å². The number of nitrogens with one attached hydrogen (secondary N) is 1. The molecule has 2 aromatic carbocycles. The molecular weight excluding hydrogens is 408 g/mol. The van der Waals surface area contributed by atoms with Crippen molar-refractivity contribution in [2.24, 2.45) is 0 Å². The molecular formula is C25H26N2O3S. The lowest BCUT2D eigenvalue weighted by Gasteiger charge is -2.20. The first-order valence-corrected chi connectivity index (χ1v) is 11.4. The van der Waals surface area contributed by atoms with Crippen LogP contribution in [-0.2, 0) is 4.74 Å². The van der Waals surface area contributed by atoms with Gasteiger partial charge in [0.2, 0.25) is 0 Å². The third-order valence-electron chi connectivity index (χ3n) is 5.76. The minimum Gasteiger partial charge on any atom is -0.447 e. The number of anilines is 1. The van der Waals surface area contributed by atoms with Crippen molar-refractivity contribution in [2.45, 2.75) is 32.2 Å². The fourth-order valence-corrected chi connectivity index (χ4v) is 4.46. The molecule has 2 heterocycles. The zero-order valence-electron chi connectivity index (χ0n) is 17.7. The van der Waals surface area contributed by atoms with Crippen molar-refractivity contribution in [1.29, 1.82) is 0 Å². The van der Waals surface area contributed by atoms with E-state index < -0.39 is 0 Å². The number of ether oxygens (including phenoxy) is 1. The predicted octanol–water partition coefficient (Wildman–Crippen LogP) is 5.74. The molecule has 1 aliphatic heterocycles. The molecule has 2 atom stereocenters. The number of cyclic esters (lactones) is 1. The van der Waals surface area contributed by atoms with Crippen molar-refractivity contribution >= 4 is 29.0 Å². The van der Waals surface area contributed by atoms with E-state index in [1.165, 1.54) is 5.56 Å². The van der Waals surface area contributed by atoms with E-state index in [4.69, 9.17) is 4.74 Å². The van der Waals surface area contributed by atoms with Crippen LogP contribution in [0.2, 0.25) is 0 Å². The topological polar surface area (TPSA) is 58.6 Å². The van der Waals surface area contributed by atoms with Crippen LogP contribution in [0.15, 0.2) is 66.0 Å². The van der Waals surface area contributed by atoms with Crippen LogP contribution < -0.4 is 10.2 Å². The number of hydrogen-bond acceptors (Lipinski definition) is 4. The lowest BCUT2D eigenvalue weighted by molar-refractivity contribution is 0.0943. The van der Waals surface area contributed by atoms with Crippen LogP contribution in [0.3, 0.4) is 0 Å². The number of nitrogens with zero attached hydrogens (tertiary/aromatic N) is 1. The molecule has 1 fully saturated rings. The summed E-state index contributed by atoms with van der Waals surface area (Å²) in [6.07, 6.45) is 0.742. The molecule has 5 nitrogen and oxygen atoms in total. The van der Waals surface area contributed by atoms with Crippen LogP contribution >= 0.6 is 11.3 Å². The second kappa shape index (κ2) is 9.35. The zero-order chi connectivity index (χ0) is 21.8. The minimum absolute atomic E-state index is 0.153. The van der Waals surface area contributed by atoms with E-state index in [1.807, 2.05) is 17.5 Å². The molecule has 6 heteroatoms. The van der Waals surface area contributed by atoms with Crippen LogP contribution in [0, 0.1) is 0 Å². The lowest BCUT2D eigenvalue weighted by atomic mass is 9.95. The minimum atomic E-state index is -0.351. The third kappa shape index (κ3) is 4.64. The monoisotopic (exact) mass is 434 g/mol. The van der Waals surface area contributed by atoms with Gasteiger partial charge in [0.05, 0.1) is 12.6 Å². The van der Waals surface area contributed by atoms with Crippen molar-refractivity contribution in [2.75, 3.05) is 18.1 Å². The normalized spacial score (nSPS) is 15.4. The van der Waals surface area contributed by atoms with E-state index >= 15 is 0 Å². The Morgan fingerprint density at radius 1 is 1.10 bits per heavy atom. The molecule has 2 amide bonds. The summed E-state index contributed by atoms with van der Waals surface area (Å²) in [6.45, 7) is 5.32. The highest BCUT2D eigenvalue weighted by atomic mass is 32.1. The van der Waals surface area contributed by atoms with Crippen molar-refractivity contribution < 1.29 is 14.3 Å². The summed E-state index contributed by atoms with van der Waals surface area (Å²) in [5.74, 6) is 0.357. The molecule has 0 aliphatic carbocycles. The van der Waals surface area contributed by atoms with Crippen molar-refractivity contribution in [1.82, 2.24) is 5.32 Å². The van der Waals surface area contributed by atoms with E-state index in [0.717, 1.165) is 22.5 Å². The second-order valence-electron chi connectivity index (χ2n) is 7.71. The van der Waals surface area contributed by atoms with Crippen LogP contribution in [0.4, 0.5) is 10.5 Å². The van der Waals surface area contributed by atoms with Crippen molar-refractivity contribution in [3.63, 3.8) is 0 Å². The van der Waals surface area contributed by atoms with Gasteiger partial charge in [0.25, 0.3) is 5.91 Å². The summed E-state index contributed by atoms with van der Waals surface area (Å²) in [7, 11) is 0. The molecule has 1 aromatic heterocycles. The number of benzene rings is 2. The summed E-state index contributed by atoms with van der Waals surface area (Å²) < 4.78 is 4.98. The molecule has 3 aromatic rings. The van der Waals surface area contributed by atoms with Crippen molar-refractivity contribution in [3.8, 4) is 0 Å². The molecule has 1 N–H and O–H groups in total. The highest BCUT2D eigenvalue weighted by Gasteiger charge is 2.24. The van der Waals surface area contributed by atoms with Gasteiger partial charge in [-0.15, -0.1) is 11.3 Å². The van der Waals surface area contributed by atoms with Gasteiger partial charge in [-0.1, -0.05) is 44.2 Å². The Labute approximate surface area is 186 Å².